The summed E-state index contributed by atoms with van der Waals surface area (Å²) in [5, 5.41) is 0. The molecule has 0 bridgehead atoms. The molecular weight excluding hydrogens is 669 g/mol. The monoisotopic (exact) mass is 765 g/mol. The normalized spacial score (nSPS) is 11.6. The number of hydrogen-bond acceptors (Lipinski definition) is 5. The summed E-state index contributed by atoms with van der Waals surface area (Å²) in [5.74, 6) is 0.263. The number of ether oxygens (including phenoxy) is 2. The fourth-order valence-electron chi connectivity index (χ4n) is 7.47. The Labute approximate surface area is 338 Å². The molecule has 322 valence electrons. The molecular formula is C48H96N2O4. The molecule has 0 rings (SSSR count). The predicted octanol–water partition coefficient (Wildman–Crippen LogP) is 14.0. The Morgan fingerprint density at radius 3 is 1.24 bits per heavy atom. The van der Waals surface area contributed by atoms with Gasteiger partial charge in [-0.1, -0.05) is 168 Å². The van der Waals surface area contributed by atoms with Crippen LogP contribution in [0.1, 0.15) is 245 Å². The van der Waals surface area contributed by atoms with Crippen molar-refractivity contribution in [3.63, 3.8) is 0 Å². The highest BCUT2D eigenvalue weighted by Crippen LogP contribution is 2.19. The first kappa shape index (κ1) is 52.9. The van der Waals surface area contributed by atoms with Crippen LogP contribution in [0.15, 0.2) is 0 Å². The Morgan fingerprint density at radius 2 is 0.796 bits per heavy atom. The van der Waals surface area contributed by atoms with Crippen molar-refractivity contribution in [2.75, 3.05) is 46.9 Å². The summed E-state index contributed by atoms with van der Waals surface area (Å²) in [6, 6.07) is 0. The average molecular weight is 765 g/mol. The van der Waals surface area contributed by atoms with Crippen molar-refractivity contribution in [3.05, 3.63) is 0 Å². The smallest absolute Gasteiger partial charge is 0.306 e. The van der Waals surface area contributed by atoms with E-state index in [1.165, 1.54) is 180 Å². The van der Waals surface area contributed by atoms with Crippen LogP contribution in [0.5, 0.6) is 0 Å². The predicted molar refractivity (Wildman–Crippen MR) is 234 cm³/mol. The molecule has 0 saturated heterocycles. The highest BCUT2D eigenvalue weighted by Gasteiger charge is 2.14. The molecule has 0 aromatic rings. The van der Waals surface area contributed by atoms with E-state index in [1.54, 1.807) is 4.90 Å². The molecule has 0 aromatic carbocycles. The Bertz CT molecular complexity index is 760. The van der Waals surface area contributed by atoms with Crippen molar-refractivity contribution in [2.24, 2.45) is 0 Å². The van der Waals surface area contributed by atoms with Crippen molar-refractivity contribution in [3.8, 4) is 0 Å². The van der Waals surface area contributed by atoms with Crippen LogP contribution in [-0.2, 0) is 19.1 Å². The molecule has 0 aromatic heterocycles. The van der Waals surface area contributed by atoms with Crippen molar-refractivity contribution < 1.29 is 19.1 Å². The van der Waals surface area contributed by atoms with E-state index < -0.39 is 0 Å². The van der Waals surface area contributed by atoms with Crippen LogP contribution in [0.4, 0.5) is 0 Å². The molecule has 0 radical (unpaired) electrons. The minimum absolute atomic E-state index is 0.0301. The van der Waals surface area contributed by atoms with E-state index in [9.17, 15) is 9.59 Å². The first-order valence-electron chi connectivity index (χ1n) is 24.1. The molecule has 6 nitrogen and oxygen atoms in total. The molecule has 6 heteroatoms. The SMILES string of the molecule is CCCCCCCCCOCCCCCCCCN(CCCCCCCC(=O)OC(CCCCCCCC)CCCCCCCC)CCCC(=O)N(C)C. The summed E-state index contributed by atoms with van der Waals surface area (Å²) in [5.41, 5.74) is 0. The van der Waals surface area contributed by atoms with Crippen molar-refractivity contribution in [2.45, 2.75) is 252 Å². The molecule has 54 heavy (non-hydrogen) atoms. The van der Waals surface area contributed by atoms with Crippen LogP contribution in [0, 0.1) is 0 Å². The first-order chi connectivity index (χ1) is 26.4. The number of esters is 1. The molecule has 0 aliphatic heterocycles. The first-order valence-corrected chi connectivity index (χ1v) is 24.1. The van der Waals surface area contributed by atoms with E-state index in [1.807, 2.05) is 14.1 Å². The van der Waals surface area contributed by atoms with Gasteiger partial charge in [-0.25, -0.2) is 0 Å². The standard InChI is InChI=1S/C48H96N2O4/c1-6-9-12-15-19-27-34-44-53-45-35-28-20-18-25-32-41-50(43-36-39-47(51)49(4)5)42-33-26-21-24-31-40-48(52)54-46(37-29-22-16-13-10-7-2)38-30-23-17-14-11-8-3/h46H,6-45H2,1-5H3. The zero-order valence-electron chi connectivity index (χ0n) is 37.4. The minimum Gasteiger partial charge on any atom is -0.462 e. The number of unbranched alkanes of at least 4 members (excludes halogenated alkanes) is 25. The fraction of sp³-hybridized carbons (Fsp3) is 0.958. The van der Waals surface area contributed by atoms with Crippen LogP contribution in [0.25, 0.3) is 0 Å². The third-order valence-corrected chi connectivity index (χ3v) is 11.2. The molecule has 0 aliphatic rings. The van der Waals surface area contributed by atoms with Gasteiger partial charge < -0.3 is 19.3 Å². The highest BCUT2D eigenvalue weighted by atomic mass is 16.5. The molecule has 0 atom stereocenters. The number of hydrogen-bond donors (Lipinski definition) is 0. The minimum atomic E-state index is 0.0301. The molecule has 0 spiro atoms. The molecule has 1 amide bonds. The topological polar surface area (TPSA) is 59.1 Å². The lowest BCUT2D eigenvalue weighted by Gasteiger charge is -2.22. The summed E-state index contributed by atoms with van der Waals surface area (Å²) in [6.07, 6.45) is 42.5. The van der Waals surface area contributed by atoms with Gasteiger partial charge >= 0.3 is 5.97 Å². The number of carbonyl (C=O) groups excluding carboxylic acids is 2. The summed E-state index contributed by atoms with van der Waals surface area (Å²) < 4.78 is 11.9. The lowest BCUT2D eigenvalue weighted by atomic mass is 10.0. The Balaban J connectivity index is 4.24. The van der Waals surface area contributed by atoms with Gasteiger partial charge in [-0.3, -0.25) is 9.59 Å². The third-order valence-electron chi connectivity index (χ3n) is 11.2. The number of carbonyl (C=O) groups is 2. The average Bonchev–Trinajstić information content (AvgIpc) is 3.16. The van der Waals surface area contributed by atoms with Crippen molar-refractivity contribution >= 4 is 11.9 Å². The van der Waals surface area contributed by atoms with Gasteiger partial charge in [-0.2, -0.15) is 0 Å². The van der Waals surface area contributed by atoms with E-state index in [2.05, 4.69) is 25.7 Å². The highest BCUT2D eigenvalue weighted by molar-refractivity contribution is 5.75. The maximum Gasteiger partial charge on any atom is 0.306 e. The second-order valence-electron chi connectivity index (χ2n) is 16.8. The summed E-state index contributed by atoms with van der Waals surface area (Å²) in [6.45, 7) is 12.0. The van der Waals surface area contributed by atoms with Crippen LogP contribution >= 0.6 is 0 Å². The van der Waals surface area contributed by atoms with Gasteiger partial charge in [0, 0.05) is 40.2 Å². The zero-order valence-corrected chi connectivity index (χ0v) is 37.4. The van der Waals surface area contributed by atoms with Gasteiger partial charge in [0.1, 0.15) is 6.10 Å². The Morgan fingerprint density at radius 1 is 0.426 bits per heavy atom. The fourth-order valence-corrected chi connectivity index (χ4v) is 7.47. The van der Waals surface area contributed by atoms with Gasteiger partial charge in [-0.15, -0.1) is 0 Å². The molecule has 0 heterocycles. The Hall–Kier alpha value is -1.14. The van der Waals surface area contributed by atoms with E-state index in [0.29, 0.717) is 12.8 Å². The van der Waals surface area contributed by atoms with Crippen LogP contribution in [0.2, 0.25) is 0 Å². The van der Waals surface area contributed by atoms with Gasteiger partial charge in [-0.05, 0) is 83.8 Å². The summed E-state index contributed by atoms with van der Waals surface area (Å²) >= 11 is 0. The third kappa shape index (κ3) is 39.1. The molecule has 0 fully saturated rings. The van der Waals surface area contributed by atoms with E-state index in [4.69, 9.17) is 9.47 Å². The maximum atomic E-state index is 12.8. The zero-order chi connectivity index (χ0) is 39.6. The van der Waals surface area contributed by atoms with Crippen molar-refractivity contribution in [1.29, 1.82) is 0 Å². The summed E-state index contributed by atoms with van der Waals surface area (Å²) in [7, 11) is 3.71. The maximum absolute atomic E-state index is 12.8. The van der Waals surface area contributed by atoms with Crippen LogP contribution in [-0.4, -0.2) is 74.7 Å². The Kier molecular flexibility index (Phi) is 42.1. The second-order valence-corrected chi connectivity index (χ2v) is 16.8. The number of amides is 1. The summed E-state index contributed by atoms with van der Waals surface area (Å²) in [4.78, 5) is 29.3. The largest absolute Gasteiger partial charge is 0.462 e. The van der Waals surface area contributed by atoms with Crippen LogP contribution in [0.3, 0.4) is 0 Å². The van der Waals surface area contributed by atoms with Gasteiger partial charge in [0.05, 0.1) is 0 Å². The van der Waals surface area contributed by atoms with Gasteiger partial charge in [0.15, 0.2) is 0 Å². The molecule has 0 saturated carbocycles. The second kappa shape index (κ2) is 43.0. The lowest BCUT2D eigenvalue weighted by Crippen LogP contribution is -2.29. The lowest BCUT2D eigenvalue weighted by molar-refractivity contribution is -0.150. The van der Waals surface area contributed by atoms with Gasteiger partial charge in [0.2, 0.25) is 5.91 Å². The van der Waals surface area contributed by atoms with Crippen LogP contribution < -0.4 is 0 Å². The van der Waals surface area contributed by atoms with Crippen molar-refractivity contribution in [1.82, 2.24) is 9.80 Å². The molecule has 0 N–H and O–H groups in total. The number of rotatable bonds is 44. The molecule has 0 unspecified atom stereocenters. The van der Waals surface area contributed by atoms with E-state index >= 15 is 0 Å². The van der Waals surface area contributed by atoms with Gasteiger partial charge in [0.25, 0.3) is 0 Å². The van der Waals surface area contributed by atoms with E-state index in [-0.39, 0.29) is 18.0 Å². The quantitative estimate of drug-likeness (QED) is 0.0457. The number of nitrogens with zero attached hydrogens (tertiary/aromatic N) is 2. The molecule has 0 aliphatic carbocycles. The van der Waals surface area contributed by atoms with E-state index in [0.717, 1.165) is 65.0 Å².